The maximum Gasteiger partial charge on any atom is 0.338 e. The van der Waals surface area contributed by atoms with Crippen LogP contribution in [0.2, 0.25) is 0 Å². The lowest BCUT2D eigenvalue weighted by molar-refractivity contribution is 0.0482. The molecule has 0 spiro atoms. The van der Waals surface area contributed by atoms with E-state index in [4.69, 9.17) is 26.0 Å². The number of nitrogens with one attached hydrogen (secondary N) is 2. The Hall–Kier alpha value is -3.35. The van der Waals surface area contributed by atoms with Gasteiger partial charge in [0.1, 0.15) is 18.2 Å². The van der Waals surface area contributed by atoms with Crippen molar-refractivity contribution in [2.24, 2.45) is 11.7 Å². The van der Waals surface area contributed by atoms with E-state index < -0.39 is 0 Å². The van der Waals surface area contributed by atoms with Crippen LogP contribution < -0.4 is 15.4 Å². The molecule has 7 heteroatoms. The van der Waals surface area contributed by atoms with E-state index in [-0.39, 0.29) is 24.0 Å². The first-order valence-corrected chi connectivity index (χ1v) is 12.1. The molecule has 180 valence electrons. The first-order chi connectivity index (χ1) is 16.4. The van der Waals surface area contributed by atoms with Crippen LogP contribution in [0.3, 0.4) is 0 Å². The second-order valence-corrected chi connectivity index (χ2v) is 9.35. The van der Waals surface area contributed by atoms with E-state index in [1.807, 2.05) is 43.3 Å². The monoisotopic (exact) mass is 462 g/mol. The zero-order valence-corrected chi connectivity index (χ0v) is 19.8. The molecule has 2 aromatic carbocycles. The van der Waals surface area contributed by atoms with Gasteiger partial charge in [-0.25, -0.2) is 4.79 Å². The van der Waals surface area contributed by atoms with Crippen molar-refractivity contribution in [3.63, 3.8) is 0 Å². The number of nitrogens with two attached hydrogens (primary N) is 1. The largest absolute Gasteiger partial charge is 0.490 e. The normalized spacial score (nSPS) is 22.3. The van der Waals surface area contributed by atoms with Crippen LogP contribution in [0.25, 0.3) is 0 Å². The summed E-state index contributed by atoms with van der Waals surface area (Å²) in [5.74, 6) is 0.869. The fourth-order valence-electron chi connectivity index (χ4n) is 4.93. The van der Waals surface area contributed by atoms with Crippen LogP contribution in [0.15, 0.2) is 48.5 Å². The van der Waals surface area contributed by atoms with Gasteiger partial charge in [0.05, 0.1) is 17.7 Å². The van der Waals surface area contributed by atoms with Gasteiger partial charge in [0.2, 0.25) is 0 Å². The van der Waals surface area contributed by atoms with Gasteiger partial charge in [-0.3, -0.25) is 5.41 Å². The highest BCUT2D eigenvalue weighted by molar-refractivity contribution is 5.95. The highest BCUT2D eigenvalue weighted by Crippen LogP contribution is 2.29. The number of benzene rings is 2. The third-order valence-electron chi connectivity index (χ3n) is 6.95. The Bertz CT molecular complexity index is 1030. The summed E-state index contributed by atoms with van der Waals surface area (Å²) in [6.45, 7) is 3.09. The average molecular weight is 463 g/mol. The highest BCUT2D eigenvalue weighted by Gasteiger charge is 2.27. The molecule has 2 fully saturated rings. The van der Waals surface area contributed by atoms with Gasteiger partial charge in [0, 0.05) is 23.5 Å². The summed E-state index contributed by atoms with van der Waals surface area (Å²) in [5, 5.41) is 15.5. The summed E-state index contributed by atoms with van der Waals surface area (Å²) in [5.41, 5.74) is 8.61. The second kappa shape index (κ2) is 10.7. The number of anilines is 1. The molecule has 2 aromatic rings. The number of ether oxygens (including phenoxy) is 2. The summed E-state index contributed by atoms with van der Waals surface area (Å²) in [4.78, 5) is 14.9. The molecule has 1 saturated carbocycles. The molecular weight excluding hydrogens is 428 g/mol. The van der Waals surface area contributed by atoms with Crippen molar-refractivity contribution >= 4 is 23.2 Å². The molecule has 4 rings (SSSR count). The van der Waals surface area contributed by atoms with Crippen LogP contribution in [0.4, 0.5) is 5.69 Å². The quantitative estimate of drug-likeness (QED) is 0.297. The zero-order valence-electron chi connectivity index (χ0n) is 19.8. The van der Waals surface area contributed by atoms with Gasteiger partial charge in [0.25, 0.3) is 0 Å². The number of hydrogen-bond acceptors (Lipinski definition) is 6. The fraction of sp³-hybridized carbons (Fsp3) is 0.444. The minimum atomic E-state index is -0.335. The Morgan fingerprint density at radius 1 is 1.03 bits per heavy atom. The fourth-order valence-corrected chi connectivity index (χ4v) is 4.93. The van der Waals surface area contributed by atoms with E-state index in [1.54, 1.807) is 12.1 Å². The predicted octanol–water partition coefficient (Wildman–Crippen LogP) is 4.77. The molecule has 1 saturated heterocycles. The average Bonchev–Trinajstić information content (AvgIpc) is 3.32. The van der Waals surface area contributed by atoms with Gasteiger partial charge in [-0.1, -0.05) is 12.1 Å². The minimum absolute atomic E-state index is 0.0468. The zero-order chi connectivity index (χ0) is 24.1. The van der Waals surface area contributed by atoms with Gasteiger partial charge in [-0.05, 0) is 87.8 Å². The van der Waals surface area contributed by atoms with E-state index in [0.717, 1.165) is 62.2 Å². The van der Waals surface area contributed by atoms with Crippen molar-refractivity contribution in [1.29, 1.82) is 10.8 Å². The van der Waals surface area contributed by atoms with Crippen molar-refractivity contribution in [2.75, 3.05) is 18.1 Å². The Morgan fingerprint density at radius 2 is 1.76 bits per heavy atom. The molecule has 1 aliphatic heterocycles. The Balaban J connectivity index is 1.29. The number of nitrogens with zero attached hydrogens (tertiary/aromatic N) is 1. The van der Waals surface area contributed by atoms with Crippen molar-refractivity contribution in [3.05, 3.63) is 59.7 Å². The lowest BCUT2D eigenvalue weighted by Gasteiger charge is -2.28. The van der Waals surface area contributed by atoms with E-state index in [0.29, 0.717) is 23.7 Å². The molecule has 2 aliphatic rings. The predicted molar refractivity (Wildman–Crippen MR) is 134 cm³/mol. The summed E-state index contributed by atoms with van der Waals surface area (Å²) in [6, 6.07) is 14.9. The molecule has 1 heterocycles. The Labute approximate surface area is 201 Å². The van der Waals surface area contributed by atoms with Crippen LogP contribution in [0.5, 0.6) is 5.75 Å². The molecule has 4 N–H and O–H groups in total. The molecule has 1 aliphatic carbocycles. The maximum absolute atomic E-state index is 12.6. The number of carbonyl (C=O) groups is 1. The highest BCUT2D eigenvalue weighted by atomic mass is 16.5. The number of nitrogen functional groups attached to an aromatic ring is 1. The van der Waals surface area contributed by atoms with Gasteiger partial charge in [-0.15, -0.1) is 0 Å². The summed E-state index contributed by atoms with van der Waals surface area (Å²) in [7, 11) is 0. The molecule has 0 amide bonds. The summed E-state index contributed by atoms with van der Waals surface area (Å²) in [6.07, 6.45) is 6.06. The lowest BCUT2D eigenvalue weighted by Crippen LogP contribution is -2.34. The molecule has 1 atom stereocenters. The Kier molecular flexibility index (Phi) is 7.50. The topological polar surface area (TPSA) is 112 Å². The van der Waals surface area contributed by atoms with Gasteiger partial charge < -0.3 is 25.5 Å². The van der Waals surface area contributed by atoms with Crippen molar-refractivity contribution in [1.82, 2.24) is 0 Å². The summed E-state index contributed by atoms with van der Waals surface area (Å²) < 4.78 is 11.8. The van der Waals surface area contributed by atoms with Crippen LogP contribution in [0, 0.1) is 16.7 Å². The number of esters is 1. The number of carbonyl (C=O) groups excluding carboxylic acids is 1. The Morgan fingerprint density at radius 3 is 2.44 bits per heavy atom. The first kappa shape index (κ1) is 23.8. The summed E-state index contributed by atoms with van der Waals surface area (Å²) >= 11 is 0. The van der Waals surface area contributed by atoms with Gasteiger partial charge >= 0.3 is 5.97 Å². The third kappa shape index (κ3) is 5.76. The van der Waals surface area contributed by atoms with E-state index in [1.165, 1.54) is 0 Å². The van der Waals surface area contributed by atoms with Crippen molar-refractivity contribution < 1.29 is 14.3 Å². The molecule has 34 heavy (non-hydrogen) atoms. The second-order valence-electron chi connectivity index (χ2n) is 9.35. The van der Waals surface area contributed by atoms with Crippen molar-refractivity contribution in [3.8, 4) is 5.75 Å². The van der Waals surface area contributed by atoms with E-state index in [9.17, 15) is 4.79 Å². The number of rotatable bonds is 8. The van der Waals surface area contributed by atoms with Crippen molar-refractivity contribution in [2.45, 2.75) is 57.6 Å². The van der Waals surface area contributed by atoms with E-state index >= 15 is 0 Å². The molecule has 0 bridgehead atoms. The maximum atomic E-state index is 12.6. The molecule has 0 radical (unpaired) electrons. The SMILES string of the molecule is CC(=N)C1CCC(Oc2ccc(C(=O)OC[C@H]3CCCN3c3cccc(C(=N)N)c3)cc2)CC1. The molecule has 0 aromatic heterocycles. The molecule has 7 nitrogen and oxygen atoms in total. The van der Waals surface area contributed by atoms with Crippen LogP contribution in [-0.2, 0) is 4.74 Å². The van der Waals surface area contributed by atoms with Crippen LogP contribution >= 0.6 is 0 Å². The van der Waals surface area contributed by atoms with Crippen LogP contribution in [0.1, 0.15) is 61.4 Å². The lowest BCUT2D eigenvalue weighted by atomic mass is 9.85. The first-order valence-electron chi connectivity index (χ1n) is 12.1. The smallest absolute Gasteiger partial charge is 0.338 e. The van der Waals surface area contributed by atoms with E-state index in [2.05, 4.69) is 4.90 Å². The molecular formula is C27H34N4O3. The van der Waals surface area contributed by atoms with Gasteiger partial charge in [-0.2, -0.15) is 0 Å². The molecule has 0 unspecified atom stereocenters. The van der Waals surface area contributed by atoms with Crippen LogP contribution in [-0.4, -0.2) is 42.8 Å². The number of hydrogen-bond donors (Lipinski definition) is 3. The standard InChI is InChI=1S/C27H34N4O3/c1-18(28)19-7-11-24(12-8-19)34-25-13-9-20(10-14-25)27(32)33-17-23-6-3-15-31(23)22-5-2-4-21(16-22)26(29)30/h2,4-5,9-10,13-14,16,19,23-24,28H,3,6-8,11-12,15,17H2,1H3,(H3,29,30)/t19?,23-,24?/m1/s1. The minimum Gasteiger partial charge on any atom is -0.490 e. The third-order valence-corrected chi connectivity index (χ3v) is 6.95. The van der Waals surface area contributed by atoms with Gasteiger partial charge in [0.15, 0.2) is 0 Å². The number of amidine groups is 1.